The van der Waals surface area contributed by atoms with Crippen LogP contribution >= 0.6 is 0 Å². The molecule has 0 aliphatic carbocycles. The van der Waals surface area contributed by atoms with Crippen molar-refractivity contribution >= 4 is 17.7 Å². The Balaban J connectivity index is 1.53. The first-order chi connectivity index (χ1) is 20.6. The molecule has 0 radical (unpaired) electrons. The molecule has 2 aromatic heterocycles. The van der Waals surface area contributed by atoms with E-state index in [0.29, 0.717) is 37.5 Å². The van der Waals surface area contributed by atoms with Crippen LogP contribution in [0.4, 0.5) is 0 Å². The Morgan fingerprint density at radius 3 is 2.49 bits per heavy atom. The van der Waals surface area contributed by atoms with Crippen molar-refractivity contribution in [3.8, 4) is 0 Å². The zero-order valence-corrected chi connectivity index (χ0v) is 24.9. The zero-order valence-electron chi connectivity index (χ0n) is 24.9. The van der Waals surface area contributed by atoms with E-state index in [9.17, 15) is 24.0 Å². The SMILES string of the molecule is Cc1nc2n(n1)CCN(C(=O)c1cc(=O)n(C)c(=O)n1C)CCCC(=O)N1CCCC[C@H]1C(=O)N[C@@H]2Cc1ccccc1. The number of aryl methyl sites for hydroxylation is 1. The molecule has 1 fully saturated rings. The van der Waals surface area contributed by atoms with Crippen LogP contribution in [0.2, 0.25) is 0 Å². The van der Waals surface area contributed by atoms with Crippen molar-refractivity contribution in [3.63, 3.8) is 0 Å². The number of hydrogen-bond acceptors (Lipinski definition) is 7. The van der Waals surface area contributed by atoms with Gasteiger partial charge in [0.05, 0.1) is 12.6 Å². The Kier molecular flexibility index (Phi) is 8.88. The summed E-state index contributed by atoms with van der Waals surface area (Å²) in [6, 6.07) is 9.81. The summed E-state index contributed by atoms with van der Waals surface area (Å²) in [5, 5.41) is 7.78. The molecule has 2 atom stereocenters. The van der Waals surface area contributed by atoms with Crippen molar-refractivity contribution in [2.45, 2.75) is 64.1 Å². The number of benzene rings is 1. The first-order valence-corrected chi connectivity index (χ1v) is 14.8. The highest BCUT2D eigenvalue weighted by Crippen LogP contribution is 2.23. The molecule has 13 heteroatoms. The van der Waals surface area contributed by atoms with Gasteiger partial charge in [-0.1, -0.05) is 30.3 Å². The molecule has 1 aromatic carbocycles. The van der Waals surface area contributed by atoms with Crippen molar-refractivity contribution in [2.24, 2.45) is 14.1 Å². The zero-order chi connectivity index (χ0) is 30.7. The maximum absolute atomic E-state index is 13.8. The van der Waals surface area contributed by atoms with Gasteiger partial charge in [0.2, 0.25) is 11.8 Å². The number of hydrogen-bond donors (Lipinski definition) is 1. The van der Waals surface area contributed by atoms with Gasteiger partial charge in [0, 0.05) is 46.2 Å². The summed E-state index contributed by atoms with van der Waals surface area (Å²) in [7, 11) is 2.81. The number of aromatic nitrogens is 5. The topological polar surface area (TPSA) is 144 Å². The van der Waals surface area contributed by atoms with Gasteiger partial charge in [-0.25, -0.2) is 14.5 Å². The number of fused-ring (bicyclic) bond motifs is 2. The van der Waals surface area contributed by atoms with Crippen LogP contribution < -0.4 is 16.6 Å². The molecule has 3 amide bonds. The van der Waals surface area contributed by atoms with Gasteiger partial charge in [-0.15, -0.1) is 0 Å². The molecule has 0 bridgehead atoms. The molecule has 2 aliphatic rings. The van der Waals surface area contributed by atoms with E-state index in [2.05, 4.69) is 10.4 Å². The molecular formula is C30H38N8O5. The fourth-order valence-electron chi connectivity index (χ4n) is 5.92. The lowest BCUT2D eigenvalue weighted by Crippen LogP contribution is -2.53. The molecule has 1 N–H and O–H groups in total. The van der Waals surface area contributed by atoms with Crippen molar-refractivity contribution in [1.29, 1.82) is 0 Å². The first-order valence-electron chi connectivity index (χ1n) is 14.8. The van der Waals surface area contributed by atoms with Crippen molar-refractivity contribution in [1.82, 2.24) is 39.0 Å². The van der Waals surface area contributed by atoms with Crippen LogP contribution in [-0.2, 0) is 36.6 Å². The van der Waals surface area contributed by atoms with E-state index in [0.717, 1.165) is 33.6 Å². The highest BCUT2D eigenvalue weighted by Gasteiger charge is 2.34. The van der Waals surface area contributed by atoms with E-state index < -0.39 is 29.2 Å². The number of piperidine rings is 1. The van der Waals surface area contributed by atoms with E-state index in [1.807, 2.05) is 30.3 Å². The predicted molar refractivity (Wildman–Crippen MR) is 157 cm³/mol. The Morgan fingerprint density at radius 1 is 0.953 bits per heavy atom. The highest BCUT2D eigenvalue weighted by molar-refractivity contribution is 5.92. The number of nitrogens with one attached hydrogen (secondary N) is 1. The average molecular weight is 591 g/mol. The smallest absolute Gasteiger partial charge is 0.331 e. The number of carbonyl (C=O) groups excluding carboxylic acids is 3. The Hall–Kier alpha value is -4.55. The molecule has 5 rings (SSSR count). The van der Waals surface area contributed by atoms with Crippen LogP contribution in [0.3, 0.4) is 0 Å². The number of rotatable bonds is 3. The van der Waals surface area contributed by atoms with Gasteiger partial charge in [-0.05, 0) is 44.6 Å². The maximum Gasteiger partial charge on any atom is 0.331 e. The molecule has 1 saturated heterocycles. The monoisotopic (exact) mass is 590 g/mol. The lowest BCUT2D eigenvalue weighted by atomic mass is 9.99. The van der Waals surface area contributed by atoms with Crippen molar-refractivity contribution < 1.29 is 14.4 Å². The lowest BCUT2D eigenvalue weighted by Gasteiger charge is -2.36. The predicted octanol–water partition coefficient (Wildman–Crippen LogP) is 0.701. The summed E-state index contributed by atoms with van der Waals surface area (Å²) in [4.78, 5) is 73.8. The molecule has 0 saturated carbocycles. The van der Waals surface area contributed by atoms with Crippen LogP contribution in [0.25, 0.3) is 0 Å². The molecule has 13 nitrogen and oxygen atoms in total. The first kappa shape index (κ1) is 29.9. The van der Waals surface area contributed by atoms with Gasteiger partial charge in [-0.2, -0.15) is 5.10 Å². The average Bonchev–Trinajstić information content (AvgIpc) is 3.39. The summed E-state index contributed by atoms with van der Waals surface area (Å²) >= 11 is 0. The van der Waals surface area contributed by atoms with E-state index in [4.69, 9.17) is 4.98 Å². The third-order valence-corrected chi connectivity index (χ3v) is 8.28. The van der Waals surface area contributed by atoms with Gasteiger partial charge in [0.1, 0.15) is 23.4 Å². The Labute approximate surface area is 249 Å². The molecule has 0 unspecified atom stereocenters. The third-order valence-electron chi connectivity index (χ3n) is 8.28. The van der Waals surface area contributed by atoms with Crippen molar-refractivity contribution in [3.05, 3.63) is 80.1 Å². The summed E-state index contributed by atoms with van der Waals surface area (Å²) in [5.74, 6) is 0.243. The van der Waals surface area contributed by atoms with Crippen LogP contribution in [0.5, 0.6) is 0 Å². The largest absolute Gasteiger partial charge is 0.344 e. The fraction of sp³-hybridized carbons (Fsp3) is 0.500. The van der Waals surface area contributed by atoms with Crippen LogP contribution in [0.15, 0.2) is 46.0 Å². The fourth-order valence-corrected chi connectivity index (χ4v) is 5.92. The van der Waals surface area contributed by atoms with Crippen LogP contribution in [0, 0.1) is 6.92 Å². The summed E-state index contributed by atoms with van der Waals surface area (Å²) in [6.07, 6.45) is 3.21. The molecular weight excluding hydrogens is 552 g/mol. The second-order valence-corrected chi connectivity index (χ2v) is 11.3. The van der Waals surface area contributed by atoms with Gasteiger partial charge in [0.25, 0.3) is 11.5 Å². The van der Waals surface area contributed by atoms with Crippen molar-refractivity contribution in [2.75, 3.05) is 19.6 Å². The van der Waals surface area contributed by atoms with Gasteiger partial charge >= 0.3 is 5.69 Å². The number of amides is 3. The summed E-state index contributed by atoms with van der Waals surface area (Å²) in [5.41, 5.74) is -0.201. The standard InChI is InChI=1S/C30H38N8O5/c1-20-31-27-22(18-21-10-5-4-6-11-21)32-28(41)23-12-7-8-15-37(23)25(39)13-9-14-36(16-17-38(27)33-20)29(42)24-19-26(40)35(3)30(43)34(24)2/h4-6,10-11,19,22-23H,7-9,12-18H2,1-3H3,(H,32,41)/t22-,23+/m1/s1. The molecule has 3 aromatic rings. The van der Waals surface area contributed by atoms with Crippen LogP contribution in [0.1, 0.15) is 65.8 Å². The summed E-state index contributed by atoms with van der Waals surface area (Å²) in [6.45, 7) is 2.92. The summed E-state index contributed by atoms with van der Waals surface area (Å²) < 4.78 is 3.82. The Morgan fingerprint density at radius 2 is 1.72 bits per heavy atom. The van der Waals surface area contributed by atoms with E-state index in [1.165, 1.54) is 14.1 Å². The molecule has 0 spiro atoms. The second-order valence-electron chi connectivity index (χ2n) is 11.3. The van der Waals surface area contributed by atoms with E-state index in [-0.39, 0.29) is 43.6 Å². The lowest BCUT2D eigenvalue weighted by molar-refractivity contribution is -0.142. The van der Waals surface area contributed by atoms with E-state index >= 15 is 0 Å². The third kappa shape index (κ3) is 6.45. The minimum atomic E-state index is -0.599. The highest BCUT2D eigenvalue weighted by atomic mass is 16.2. The normalized spacial score (nSPS) is 20.2. The maximum atomic E-state index is 13.8. The molecule has 4 heterocycles. The molecule has 228 valence electrons. The minimum Gasteiger partial charge on any atom is -0.344 e. The Bertz CT molecular complexity index is 1630. The minimum absolute atomic E-state index is 0.0270. The van der Waals surface area contributed by atoms with E-state index in [1.54, 1.807) is 21.4 Å². The number of carbonyl (C=O) groups is 3. The van der Waals surface area contributed by atoms with Gasteiger partial charge in [0.15, 0.2) is 0 Å². The molecule has 43 heavy (non-hydrogen) atoms. The number of nitrogens with zero attached hydrogens (tertiary/aromatic N) is 7. The molecule has 2 aliphatic heterocycles. The quantitative estimate of drug-likeness (QED) is 0.473. The second kappa shape index (κ2) is 12.8. The van der Waals surface area contributed by atoms with Crippen LogP contribution in [-0.4, -0.2) is 77.1 Å². The van der Waals surface area contributed by atoms with Gasteiger partial charge in [-0.3, -0.25) is 28.3 Å². The van der Waals surface area contributed by atoms with Gasteiger partial charge < -0.3 is 15.1 Å².